The number of unbranched alkanes of at least 4 members (excludes halogenated alkanes) is 7. The van der Waals surface area contributed by atoms with Gasteiger partial charge in [-0.25, -0.2) is 0 Å². The minimum Gasteiger partial charge on any atom is -0.394 e. The van der Waals surface area contributed by atoms with Crippen molar-refractivity contribution < 1.29 is 18.3 Å². The van der Waals surface area contributed by atoms with Gasteiger partial charge in [0.05, 0.1) is 12.6 Å². The van der Waals surface area contributed by atoms with Crippen LogP contribution in [0.15, 0.2) is 18.3 Å². The number of hydrogen-bond acceptors (Lipinski definition) is 3. The van der Waals surface area contributed by atoms with Crippen molar-refractivity contribution in [2.45, 2.75) is 70.5 Å². The Morgan fingerprint density at radius 2 is 1.67 bits per heavy atom. The fraction of sp³-hybridized carbons (Fsp3) is 0.722. The second-order valence-electron chi connectivity index (χ2n) is 6.14. The van der Waals surface area contributed by atoms with Gasteiger partial charge in [-0.2, -0.15) is 13.2 Å². The number of pyridine rings is 1. The van der Waals surface area contributed by atoms with Crippen LogP contribution in [0.2, 0.25) is 0 Å². The Morgan fingerprint density at radius 1 is 1.04 bits per heavy atom. The number of aromatic nitrogens is 1. The molecule has 0 unspecified atom stereocenters. The van der Waals surface area contributed by atoms with Crippen LogP contribution in [0, 0.1) is 0 Å². The lowest BCUT2D eigenvalue weighted by atomic mass is 10.1. The summed E-state index contributed by atoms with van der Waals surface area (Å²) in [6.45, 7) is 2.78. The number of aliphatic hydroxyl groups is 1. The third kappa shape index (κ3) is 8.11. The molecule has 24 heavy (non-hydrogen) atoms. The fourth-order valence-corrected chi connectivity index (χ4v) is 2.60. The van der Waals surface area contributed by atoms with Crippen molar-refractivity contribution in [1.82, 2.24) is 10.3 Å². The minimum atomic E-state index is -4.43. The number of rotatable bonds is 12. The summed E-state index contributed by atoms with van der Waals surface area (Å²) in [5.74, 6) is 0. The van der Waals surface area contributed by atoms with Crippen LogP contribution in [-0.2, 0) is 6.18 Å². The van der Waals surface area contributed by atoms with Crippen molar-refractivity contribution in [1.29, 1.82) is 0 Å². The standard InChI is InChI=1S/C18H29F3N2O/c1-2-3-4-5-6-7-8-9-12-22-16(14-24)15-10-11-17(23-13-15)18(19,20)21/h10-11,13,16,22,24H,2-9,12,14H2,1H3/t16-/m0/s1. The van der Waals surface area contributed by atoms with Gasteiger partial charge in [0.15, 0.2) is 0 Å². The second kappa shape index (κ2) is 11.4. The molecule has 138 valence electrons. The van der Waals surface area contributed by atoms with Gasteiger partial charge < -0.3 is 10.4 Å². The Kier molecular flexibility index (Phi) is 9.95. The first-order valence-corrected chi connectivity index (χ1v) is 8.86. The van der Waals surface area contributed by atoms with E-state index in [2.05, 4.69) is 17.2 Å². The summed E-state index contributed by atoms with van der Waals surface area (Å²) in [6, 6.07) is 1.96. The molecule has 0 bridgehead atoms. The number of alkyl halides is 3. The first-order valence-electron chi connectivity index (χ1n) is 8.86. The van der Waals surface area contributed by atoms with Crippen LogP contribution in [-0.4, -0.2) is 23.2 Å². The zero-order valence-corrected chi connectivity index (χ0v) is 14.4. The molecule has 1 atom stereocenters. The topological polar surface area (TPSA) is 45.1 Å². The smallest absolute Gasteiger partial charge is 0.394 e. The Labute approximate surface area is 142 Å². The summed E-state index contributed by atoms with van der Waals surface area (Å²) in [5.41, 5.74) is -0.337. The highest BCUT2D eigenvalue weighted by Crippen LogP contribution is 2.27. The van der Waals surface area contributed by atoms with E-state index in [0.717, 1.165) is 25.5 Å². The van der Waals surface area contributed by atoms with Gasteiger partial charge in [-0.3, -0.25) is 4.98 Å². The lowest BCUT2D eigenvalue weighted by molar-refractivity contribution is -0.141. The molecule has 0 spiro atoms. The first-order chi connectivity index (χ1) is 11.5. The summed E-state index contributed by atoms with van der Waals surface area (Å²) >= 11 is 0. The van der Waals surface area contributed by atoms with E-state index in [-0.39, 0.29) is 12.6 Å². The van der Waals surface area contributed by atoms with Crippen LogP contribution in [0.4, 0.5) is 13.2 Å². The van der Waals surface area contributed by atoms with E-state index in [1.54, 1.807) is 0 Å². The van der Waals surface area contributed by atoms with Crippen LogP contribution in [0.3, 0.4) is 0 Å². The van der Waals surface area contributed by atoms with Gasteiger partial charge in [0.1, 0.15) is 5.69 Å². The summed E-state index contributed by atoms with van der Waals surface area (Å²) < 4.78 is 37.5. The van der Waals surface area contributed by atoms with Crippen molar-refractivity contribution in [3.63, 3.8) is 0 Å². The van der Waals surface area contributed by atoms with E-state index in [0.29, 0.717) is 5.56 Å². The molecule has 0 aromatic carbocycles. The first kappa shape index (κ1) is 20.9. The van der Waals surface area contributed by atoms with Crippen LogP contribution < -0.4 is 5.32 Å². The number of nitrogens with zero attached hydrogens (tertiary/aromatic N) is 1. The summed E-state index contributed by atoms with van der Waals surface area (Å²) in [4.78, 5) is 3.44. The Bertz CT molecular complexity index is 435. The van der Waals surface area contributed by atoms with Crippen molar-refractivity contribution in [2.24, 2.45) is 0 Å². The highest BCUT2D eigenvalue weighted by molar-refractivity contribution is 5.19. The molecular formula is C18H29F3N2O. The van der Waals surface area contributed by atoms with Gasteiger partial charge in [-0.05, 0) is 24.6 Å². The molecule has 0 aliphatic rings. The molecule has 0 amide bonds. The van der Waals surface area contributed by atoms with E-state index >= 15 is 0 Å². The lowest BCUT2D eigenvalue weighted by Gasteiger charge is -2.17. The Morgan fingerprint density at radius 3 is 2.17 bits per heavy atom. The van der Waals surface area contributed by atoms with E-state index in [1.165, 1.54) is 50.8 Å². The molecule has 6 heteroatoms. The van der Waals surface area contributed by atoms with Gasteiger partial charge in [0, 0.05) is 6.20 Å². The van der Waals surface area contributed by atoms with Crippen molar-refractivity contribution in [2.75, 3.05) is 13.2 Å². The van der Waals surface area contributed by atoms with E-state index in [4.69, 9.17) is 0 Å². The minimum absolute atomic E-state index is 0.163. The molecule has 2 N–H and O–H groups in total. The number of nitrogens with one attached hydrogen (secondary N) is 1. The largest absolute Gasteiger partial charge is 0.433 e. The third-order valence-electron chi connectivity index (χ3n) is 4.08. The predicted molar refractivity (Wildman–Crippen MR) is 89.7 cm³/mol. The molecule has 0 fully saturated rings. The molecule has 1 aromatic heterocycles. The summed E-state index contributed by atoms with van der Waals surface area (Å²) in [7, 11) is 0. The number of hydrogen-bond donors (Lipinski definition) is 2. The molecule has 1 heterocycles. The van der Waals surface area contributed by atoms with Gasteiger partial charge in [-0.1, -0.05) is 57.9 Å². The number of halogens is 3. The van der Waals surface area contributed by atoms with E-state index in [1.807, 2.05) is 0 Å². The maximum atomic E-state index is 12.5. The molecule has 0 radical (unpaired) electrons. The van der Waals surface area contributed by atoms with Gasteiger partial charge in [-0.15, -0.1) is 0 Å². The van der Waals surface area contributed by atoms with Crippen LogP contribution in [0.25, 0.3) is 0 Å². The zero-order valence-electron chi connectivity index (χ0n) is 14.4. The van der Waals surface area contributed by atoms with Crippen molar-refractivity contribution in [3.05, 3.63) is 29.6 Å². The predicted octanol–water partition coefficient (Wildman–Crippen LogP) is 4.86. The molecule has 3 nitrogen and oxygen atoms in total. The third-order valence-corrected chi connectivity index (χ3v) is 4.08. The highest BCUT2D eigenvalue weighted by Gasteiger charge is 2.32. The van der Waals surface area contributed by atoms with Crippen molar-refractivity contribution in [3.8, 4) is 0 Å². The maximum Gasteiger partial charge on any atom is 0.433 e. The summed E-state index contributed by atoms with van der Waals surface area (Å²) in [5, 5.41) is 12.6. The van der Waals surface area contributed by atoms with Crippen LogP contribution in [0.1, 0.15) is 75.6 Å². The monoisotopic (exact) mass is 346 g/mol. The molecule has 1 rings (SSSR count). The van der Waals surface area contributed by atoms with Gasteiger partial charge in [0.2, 0.25) is 0 Å². The maximum absolute atomic E-state index is 12.5. The lowest BCUT2D eigenvalue weighted by Crippen LogP contribution is -2.25. The normalized spacial score (nSPS) is 13.2. The highest BCUT2D eigenvalue weighted by atomic mass is 19.4. The summed E-state index contributed by atoms with van der Waals surface area (Å²) in [6.07, 6.45) is 6.50. The number of aliphatic hydroxyl groups excluding tert-OH is 1. The van der Waals surface area contributed by atoms with Gasteiger partial charge in [0.25, 0.3) is 0 Å². The van der Waals surface area contributed by atoms with Gasteiger partial charge >= 0.3 is 6.18 Å². The Balaban J connectivity index is 2.25. The Hall–Kier alpha value is -1.14. The molecule has 0 aliphatic carbocycles. The SMILES string of the molecule is CCCCCCCCCCN[C@@H](CO)c1ccc(C(F)(F)F)nc1. The molecular weight excluding hydrogens is 317 g/mol. The fourth-order valence-electron chi connectivity index (χ4n) is 2.60. The molecule has 0 saturated carbocycles. The molecule has 0 aliphatic heterocycles. The second-order valence-corrected chi connectivity index (χ2v) is 6.14. The quantitative estimate of drug-likeness (QED) is 0.531. The zero-order chi connectivity index (χ0) is 17.8. The molecule has 1 aromatic rings. The van der Waals surface area contributed by atoms with Crippen LogP contribution >= 0.6 is 0 Å². The molecule has 0 saturated heterocycles. The van der Waals surface area contributed by atoms with E-state index in [9.17, 15) is 18.3 Å². The average Bonchev–Trinajstić information content (AvgIpc) is 2.56. The average molecular weight is 346 g/mol. The van der Waals surface area contributed by atoms with E-state index < -0.39 is 11.9 Å². The van der Waals surface area contributed by atoms with Crippen LogP contribution in [0.5, 0.6) is 0 Å². The van der Waals surface area contributed by atoms with Crippen molar-refractivity contribution >= 4 is 0 Å².